The summed E-state index contributed by atoms with van der Waals surface area (Å²) in [6.07, 6.45) is 6.95. The van der Waals surface area contributed by atoms with Crippen LogP contribution in [-0.4, -0.2) is 62.1 Å². The molecule has 1 atom stereocenters. The Hall–Kier alpha value is -4.43. The third-order valence-electron chi connectivity index (χ3n) is 9.70. The standard InChI is InChI=1S/C35H37F3N6O2/c1-5-12-43(31(45)6-2)27-11-8-13-42(20-27)19-24-14-28-29(30(15-24)35(36,37)38)21-44(32(28)46)26-10-7-9-25(16-26)34(17-23(3)18-34)33-40-39-22-41(33)4/h1,6-7,9-10,14-16,22-23,27H,2,8,11-13,17-21H2,3-4H3/t23?,27-,34?/m0/s1. The highest BCUT2D eigenvalue weighted by atomic mass is 19.4. The monoisotopic (exact) mass is 630 g/mol. The van der Waals surface area contributed by atoms with Crippen molar-refractivity contribution in [3.05, 3.63) is 89.0 Å². The van der Waals surface area contributed by atoms with Crippen LogP contribution >= 0.6 is 0 Å². The first-order chi connectivity index (χ1) is 21.9. The van der Waals surface area contributed by atoms with E-state index in [0.717, 1.165) is 37.1 Å². The van der Waals surface area contributed by atoms with Crippen molar-refractivity contribution in [2.45, 2.75) is 63.3 Å². The SMILES string of the molecule is C#CCN(C(=O)C=C)[C@H]1CCCN(Cc2cc3c(c(C(F)(F)F)c2)CN(c2cccc(C4(c5nncn5C)CC(C)C4)c2)C3=O)C1. The summed E-state index contributed by atoms with van der Waals surface area (Å²) in [6, 6.07) is 10.1. The van der Waals surface area contributed by atoms with Crippen LogP contribution in [0, 0.1) is 18.3 Å². The molecule has 240 valence electrons. The number of terminal acetylenes is 1. The van der Waals surface area contributed by atoms with Gasteiger partial charge in [-0.2, -0.15) is 13.2 Å². The van der Waals surface area contributed by atoms with E-state index in [2.05, 4.69) is 29.6 Å². The van der Waals surface area contributed by atoms with Gasteiger partial charge in [0.05, 0.1) is 24.1 Å². The maximum atomic E-state index is 14.5. The van der Waals surface area contributed by atoms with Crippen molar-refractivity contribution in [2.24, 2.45) is 13.0 Å². The van der Waals surface area contributed by atoms with Crippen LogP contribution in [0.2, 0.25) is 0 Å². The fourth-order valence-electron chi connectivity index (χ4n) is 7.68. The first-order valence-corrected chi connectivity index (χ1v) is 15.5. The van der Waals surface area contributed by atoms with Crippen molar-refractivity contribution in [3.8, 4) is 12.3 Å². The van der Waals surface area contributed by atoms with Crippen LogP contribution in [0.3, 0.4) is 0 Å². The Bertz CT molecular complexity index is 1720. The number of likely N-dealkylation sites (tertiary alicyclic amines) is 1. The van der Waals surface area contributed by atoms with E-state index in [1.54, 1.807) is 23.4 Å². The molecule has 0 unspecified atom stereocenters. The Morgan fingerprint density at radius 2 is 2.04 bits per heavy atom. The van der Waals surface area contributed by atoms with Gasteiger partial charge in [-0.05, 0) is 85.2 Å². The van der Waals surface area contributed by atoms with Crippen molar-refractivity contribution >= 4 is 17.5 Å². The van der Waals surface area contributed by atoms with E-state index >= 15 is 0 Å². The molecule has 1 saturated heterocycles. The van der Waals surface area contributed by atoms with Crippen LogP contribution in [0.15, 0.2) is 55.4 Å². The summed E-state index contributed by atoms with van der Waals surface area (Å²) >= 11 is 0. The summed E-state index contributed by atoms with van der Waals surface area (Å²) in [5.41, 5.74) is 0.805. The number of carbonyl (C=O) groups is 2. The number of amides is 2. The van der Waals surface area contributed by atoms with Gasteiger partial charge in [-0.25, -0.2) is 0 Å². The second-order valence-electron chi connectivity index (χ2n) is 12.9. The topological polar surface area (TPSA) is 74.6 Å². The number of rotatable bonds is 8. The van der Waals surface area contributed by atoms with Crippen molar-refractivity contribution < 1.29 is 22.8 Å². The van der Waals surface area contributed by atoms with Gasteiger partial charge in [0, 0.05) is 37.4 Å². The van der Waals surface area contributed by atoms with Gasteiger partial charge in [-0.1, -0.05) is 31.6 Å². The number of nitrogens with zero attached hydrogens (tertiary/aromatic N) is 6. The summed E-state index contributed by atoms with van der Waals surface area (Å²) in [4.78, 5) is 31.3. The number of hydrogen-bond donors (Lipinski definition) is 0. The summed E-state index contributed by atoms with van der Waals surface area (Å²) in [6.45, 7) is 7.02. The Labute approximate surface area is 266 Å². The van der Waals surface area contributed by atoms with Gasteiger partial charge in [0.25, 0.3) is 5.91 Å². The first kappa shape index (κ1) is 31.5. The molecule has 8 nitrogen and oxygen atoms in total. The second-order valence-corrected chi connectivity index (χ2v) is 12.9. The number of anilines is 1. The molecule has 1 aliphatic carbocycles. The van der Waals surface area contributed by atoms with E-state index in [9.17, 15) is 22.8 Å². The van der Waals surface area contributed by atoms with Crippen LogP contribution in [0.5, 0.6) is 0 Å². The molecule has 0 N–H and O–H groups in total. The number of alkyl halides is 3. The lowest BCUT2D eigenvalue weighted by Crippen LogP contribution is -2.49. The van der Waals surface area contributed by atoms with Crippen molar-refractivity contribution in [2.75, 3.05) is 24.5 Å². The zero-order valence-electron chi connectivity index (χ0n) is 26.1. The molecule has 6 rings (SSSR count). The molecule has 1 aromatic heterocycles. The van der Waals surface area contributed by atoms with E-state index in [0.29, 0.717) is 30.3 Å². The average Bonchev–Trinajstić information content (AvgIpc) is 3.59. The molecule has 2 amide bonds. The van der Waals surface area contributed by atoms with Crippen LogP contribution in [0.1, 0.15) is 71.0 Å². The molecular formula is C35H37F3N6O2. The van der Waals surface area contributed by atoms with E-state index in [-0.39, 0.29) is 48.1 Å². The van der Waals surface area contributed by atoms with Crippen molar-refractivity contribution in [1.29, 1.82) is 0 Å². The number of hydrogen-bond acceptors (Lipinski definition) is 5. The Kier molecular flexibility index (Phi) is 8.27. The largest absolute Gasteiger partial charge is 0.416 e. The first-order valence-electron chi connectivity index (χ1n) is 15.5. The van der Waals surface area contributed by atoms with Gasteiger partial charge in [0.1, 0.15) is 12.2 Å². The smallest absolute Gasteiger partial charge is 0.324 e. The van der Waals surface area contributed by atoms with Crippen LogP contribution in [-0.2, 0) is 36.5 Å². The predicted octanol–water partition coefficient (Wildman–Crippen LogP) is 5.32. The van der Waals surface area contributed by atoms with Crippen molar-refractivity contribution in [3.63, 3.8) is 0 Å². The van der Waals surface area contributed by atoms with Gasteiger partial charge < -0.3 is 14.4 Å². The second kappa shape index (κ2) is 12.1. The molecular weight excluding hydrogens is 593 g/mol. The minimum Gasteiger partial charge on any atom is -0.324 e. The van der Waals surface area contributed by atoms with E-state index in [1.807, 2.05) is 34.7 Å². The summed E-state index contributed by atoms with van der Waals surface area (Å²) in [5, 5.41) is 8.48. The molecule has 1 saturated carbocycles. The number of aromatic nitrogens is 3. The molecule has 0 radical (unpaired) electrons. The fourth-order valence-corrected chi connectivity index (χ4v) is 7.68. The van der Waals surface area contributed by atoms with Gasteiger partial charge >= 0.3 is 6.18 Å². The minimum absolute atomic E-state index is 0.0137. The number of aryl methyl sites for hydroxylation is 1. The number of fused-ring (bicyclic) bond motifs is 1. The van der Waals surface area contributed by atoms with E-state index < -0.39 is 17.6 Å². The molecule has 46 heavy (non-hydrogen) atoms. The lowest BCUT2D eigenvalue weighted by molar-refractivity contribution is -0.138. The summed E-state index contributed by atoms with van der Waals surface area (Å²) < 4.78 is 45.4. The van der Waals surface area contributed by atoms with Crippen LogP contribution in [0.25, 0.3) is 0 Å². The lowest BCUT2D eigenvalue weighted by atomic mass is 9.58. The average molecular weight is 631 g/mol. The number of benzene rings is 2. The number of carbonyl (C=O) groups excluding carboxylic acids is 2. The zero-order valence-corrected chi connectivity index (χ0v) is 26.1. The molecule has 3 heterocycles. The van der Waals surface area contributed by atoms with Crippen LogP contribution < -0.4 is 4.90 Å². The van der Waals surface area contributed by atoms with Gasteiger partial charge in [0.15, 0.2) is 0 Å². The predicted molar refractivity (Wildman–Crippen MR) is 168 cm³/mol. The third-order valence-corrected chi connectivity index (χ3v) is 9.70. The molecule has 11 heteroatoms. The number of halogens is 3. The highest BCUT2D eigenvalue weighted by Crippen LogP contribution is 2.52. The third kappa shape index (κ3) is 5.60. The highest BCUT2D eigenvalue weighted by molar-refractivity contribution is 6.10. The van der Waals surface area contributed by atoms with Gasteiger partial charge in [-0.3, -0.25) is 14.5 Å². The minimum atomic E-state index is -4.64. The molecule has 3 aromatic rings. The molecule has 3 aliphatic rings. The van der Waals surface area contributed by atoms with Gasteiger partial charge in [0.2, 0.25) is 5.91 Å². The Balaban J connectivity index is 1.29. The van der Waals surface area contributed by atoms with Gasteiger partial charge in [-0.15, -0.1) is 16.6 Å². The quantitative estimate of drug-likeness (QED) is 0.249. The maximum absolute atomic E-state index is 14.5. The fraction of sp³-hybridized carbons (Fsp3) is 0.429. The normalized spacial score (nSPS) is 23.0. The summed E-state index contributed by atoms with van der Waals surface area (Å²) in [5.74, 6) is 3.09. The Morgan fingerprint density at radius 1 is 1.26 bits per heavy atom. The molecule has 0 spiro atoms. The van der Waals surface area contributed by atoms with E-state index in [4.69, 9.17) is 6.42 Å². The highest BCUT2D eigenvalue weighted by Gasteiger charge is 2.48. The molecule has 0 bridgehead atoms. The molecule has 2 fully saturated rings. The van der Waals surface area contributed by atoms with Crippen LogP contribution in [0.4, 0.5) is 18.9 Å². The molecule has 2 aromatic carbocycles. The Morgan fingerprint density at radius 3 is 2.70 bits per heavy atom. The maximum Gasteiger partial charge on any atom is 0.416 e. The summed E-state index contributed by atoms with van der Waals surface area (Å²) in [7, 11) is 1.90. The molecule has 2 aliphatic heterocycles. The lowest BCUT2D eigenvalue weighted by Gasteiger charge is -2.46. The number of piperidine rings is 1. The zero-order chi connectivity index (χ0) is 32.8. The van der Waals surface area contributed by atoms with E-state index in [1.165, 1.54) is 17.0 Å². The van der Waals surface area contributed by atoms with Crippen molar-refractivity contribution in [1.82, 2.24) is 24.6 Å².